The first-order valence-corrected chi connectivity index (χ1v) is 10.1. The molecular weight excluding hydrogens is 338 g/mol. The Kier molecular flexibility index (Phi) is 5.41. The molecule has 2 atom stereocenters. The van der Waals surface area contributed by atoms with E-state index in [1.807, 2.05) is 17.9 Å². The number of rotatable bonds is 5. The van der Waals surface area contributed by atoms with Crippen LogP contribution in [0.5, 0.6) is 0 Å². The van der Waals surface area contributed by atoms with Gasteiger partial charge in [0, 0.05) is 50.2 Å². The molecule has 1 aliphatic carbocycles. The van der Waals surface area contributed by atoms with E-state index in [-0.39, 0.29) is 23.0 Å². The van der Waals surface area contributed by atoms with E-state index in [9.17, 15) is 4.79 Å². The molecule has 2 aliphatic rings. The highest BCUT2D eigenvalue weighted by Gasteiger charge is 2.64. The number of piperazine rings is 1. The van der Waals surface area contributed by atoms with Gasteiger partial charge >= 0.3 is 0 Å². The molecule has 1 aromatic carbocycles. The smallest absolute Gasteiger partial charge is 0.243 e. The molecule has 1 amide bonds. The minimum absolute atomic E-state index is 0.0591. The summed E-state index contributed by atoms with van der Waals surface area (Å²) in [6.45, 7) is 14.4. The summed E-state index contributed by atoms with van der Waals surface area (Å²) < 4.78 is 5.79. The van der Waals surface area contributed by atoms with Gasteiger partial charge in [-0.3, -0.25) is 9.69 Å². The van der Waals surface area contributed by atoms with Gasteiger partial charge in [0.15, 0.2) is 0 Å². The molecule has 27 heavy (non-hydrogen) atoms. The third-order valence-electron chi connectivity index (χ3n) is 6.79. The molecular formula is C22H35N3O2. The van der Waals surface area contributed by atoms with E-state index < -0.39 is 5.54 Å². The number of hydrogen-bond donors (Lipinski definition) is 1. The van der Waals surface area contributed by atoms with Crippen molar-refractivity contribution in [3.8, 4) is 0 Å². The van der Waals surface area contributed by atoms with Crippen LogP contribution in [-0.2, 0) is 16.1 Å². The third-order valence-corrected chi connectivity index (χ3v) is 6.79. The lowest BCUT2D eigenvalue weighted by atomic mass is 9.54. The van der Waals surface area contributed by atoms with Gasteiger partial charge in [-0.05, 0) is 26.3 Å². The topological polar surface area (TPSA) is 58.8 Å². The average molecular weight is 374 g/mol. The summed E-state index contributed by atoms with van der Waals surface area (Å²) >= 11 is 0. The van der Waals surface area contributed by atoms with Crippen molar-refractivity contribution < 1.29 is 9.53 Å². The summed E-state index contributed by atoms with van der Waals surface area (Å²) in [6.07, 6.45) is 0.668. The molecule has 3 rings (SSSR count). The first-order valence-electron chi connectivity index (χ1n) is 10.1. The fourth-order valence-electron chi connectivity index (χ4n) is 4.54. The number of carbonyl (C=O) groups excluding carboxylic acids is 1. The Balaban J connectivity index is 1.67. The van der Waals surface area contributed by atoms with E-state index in [1.165, 1.54) is 5.56 Å². The molecule has 0 spiro atoms. The molecule has 2 N–H and O–H groups in total. The maximum Gasteiger partial charge on any atom is 0.243 e. The van der Waals surface area contributed by atoms with Gasteiger partial charge in [0.1, 0.15) is 5.54 Å². The molecule has 2 unspecified atom stereocenters. The minimum atomic E-state index is -0.829. The molecule has 5 nitrogen and oxygen atoms in total. The van der Waals surface area contributed by atoms with Gasteiger partial charge < -0.3 is 15.4 Å². The fraction of sp³-hybridized carbons (Fsp3) is 0.682. The molecule has 5 heteroatoms. The summed E-state index contributed by atoms with van der Waals surface area (Å²) in [5, 5.41) is 0. The van der Waals surface area contributed by atoms with E-state index in [4.69, 9.17) is 10.5 Å². The molecule has 2 fully saturated rings. The minimum Gasteiger partial charge on any atom is -0.378 e. The summed E-state index contributed by atoms with van der Waals surface area (Å²) in [6, 6.07) is 10.5. The lowest BCUT2D eigenvalue weighted by Crippen LogP contribution is -2.77. The Morgan fingerprint density at radius 3 is 2.41 bits per heavy atom. The summed E-state index contributed by atoms with van der Waals surface area (Å²) in [7, 11) is 0. The van der Waals surface area contributed by atoms with Crippen molar-refractivity contribution in [2.45, 2.75) is 64.8 Å². The van der Waals surface area contributed by atoms with E-state index >= 15 is 0 Å². The molecule has 1 saturated carbocycles. The molecule has 0 radical (unpaired) electrons. The monoisotopic (exact) mass is 373 g/mol. The van der Waals surface area contributed by atoms with Gasteiger partial charge in [-0.25, -0.2) is 0 Å². The lowest BCUT2D eigenvalue weighted by Gasteiger charge is -2.60. The van der Waals surface area contributed by atoms with Gasteiger partial charge in [0.05, 0.1) is 6.10 Å². The Morgan fingerprint density at radius 2 is 1.85 bits per heavy atom. The highest BCUT2D eigenvalue weighted by molar-refractivity contribution is 5.89. The van der Waals surface area contributed by atoms with Crippen molar-refractivity contribution in [1.82, 2.24) is 9.80 Å². The van der Waals surface area contributed by atoms with Crippen LogP contribution in [0.4, 0.5) is 0 Å². The molecule has 1 heterocycles. The zero-order valence-corrected chi connectivity index (χ0v) is 17.5. The van der Waals surface area contributed by atoms with Crippen LogP contribution >= 0.6 is 0 Å². The van der Waals surface area contributed by atoms with E-state index in [0.29, 0.717) is 19.6 Å². The number of ether oxygens (including phenoxy) is 1. The molecule has 1 aliphatic heterocycles. The van der Waals surface area contributed by atoms with E-state index in [1.54, 1.807) is 0 Å². The Labute approximate surface area is 163 Å². The van der Waals surface area contributed by atoms with Crippen molar-refractivity contribution in [3.63, 3.8) is 0 Å². The summed E-state index contributed by atoms with van der Waals surface area (Å²) in [5.41, 5.74) is 6.68. The number of nitrogens with zero attached hydrogens (tertiary/aromatic N) is 2. The number of nitrogens with two attached hydrogens (primary N) is 1. The fourth-order valence-corrected chi connectivity index (χ4v) is 4.54. The quantitative estimate of drug-likeness (QED) is 0.862. The predicted molar refractivity (Wildman–Crippen MR) is 108 cm³/mol. The first-order chi connectivity index (χ1) is 12.6. The highest BCUT2D eigenvalue weighted by Crippen LogP contribution is 2.50. The van der Waals surface area contributed by atoms with Crippen LogP contribution < -0.4 is 5.73 Å². The molecule has 1 aromatic rings. The Hall–Kier alpha value is -1.43. The predicted octanol–water partition coefficient (Wildman–Crippen LogP) is 2.64. The summed E-state index contributed by atoms with van der Waals surface area (Å²) in [5.74, 6) is 0.0795. The zero-order valence-electron chi connectivity index (χ0n) is 17.5. The second-order valence-electron chi connectivity index (χ2n) is 9.29. The maximum atomic E-state index is 13.3. The van der Waals surface area contributed by atoms with Gasteiger partial charge in [-0.2, -0.15) is 0 Å². The van der Waals surface area contributed by atoms with Gasteiger partial charge in [-0.15, -0.1) is 0 Å². The van der Waals surface area contributed by atoms with Crippen LogP contribution in [0.1, 0.15) is 46.6 Å². The largest absolute Gasteiger partial charge is 0.378 e. The maximum absolute atomic E-state index is 13.3. The molecule has 150 valence electrons. The molecule has 1 saturated heterocycles. The normalized spacial score (nSPS) is 30.0. The van der Waals surface area contributed by atoms with E-state index in [2.05, 4.69) is 56.9 Å². The van der Waals surface area contributed by atoms with Crippen LogP contribution in [0.2, 0.25) is 0 Å². The highest BCUT2D eigenvalue weighted by atomic mass is 16.5. The van der Waals surface area contributed by atoms with Crippen molar-refractivity contribution >= 4 is 5.91 Å². The second kappa shape index (κ2) is 7.19. The van der Waals surface area contributed by atoms with E-state index in [0.717, 1.165) is 19.6 Å². The van der Waals surface area contributed by atoms with Gasteiger partial charge in [-0.1, -0.05) is 44.2 Å². The Bertz CT molecular complexity index is 673. The van der Waals surface area contributed by atoms with Crippen LogP contribution in [0, 0.1) is 5.41 Å². The second-order valence-corrected chi connectivity index (χ2v) is 9.29. The van der Waals surface area contributed by atoms with Crippen LogP contribution in [-0.4, -0.2) is 59.1 Å². The van der Waals surface area contributed by atoms with Crippen molar-refractivity contribution in [3.05, 3.63) is 35.9 Å². The van der Waals surface area contributed by atoms with Crippen molar-refractivity contribution in [1.29, 1.82) is 0 Å². The van der Waals surface area contributed by atoms with Gasteiger partial charge in [0.25, 0.3) is 0 Å². The lowest BCUT2D eigenvalue weighted by molar-refractivity contribution is -0.182. The summed E-state index contributed by atoms with van der Waals surface area (Å²) in [4.78, 5) is 17.8. The molecule has 0 bridgehead atoms. The zero-order chi connectivity index (χ0) is 19.9. The number of carbonyl (C=O) groups is 1. The number of hydrogen-bond acceptors (Lipinski definition) is 4. The number of amides is 1. The third kappa shape index (κ3) is 3.53. The van der Waals surface area contributed by atoms with Crippen LogP contribution in [0.25, 0.3) is 0 Å². The van der Waals surface area contributed by atoms with Crippen molar-refractivity contribution in [2.75, 3.05) is 26.2 Å². The first kappa shape index (κ1) is 20.3. The van der Waals surface area contributed by atoms with Gasteiger partial charge in [0.2, 0.25) is 5.91 Å². The van der Waals surface area contributed by atoms with Crippen molar-refractivity contribution in [2.24, 2.45) is 11.1 Å². The molecule has 0 aromatic heterocycles. The Morgan fingerprint density at radius 1 is 1.19 bits per heavy atom. The standard InChI is InChI=1S/C22H35N3O2/c1-6-27-18-14-22(23,21(18,4)5)19(26)24-12-13-25(20(2,3)16-24)15-17-10-8-7-9-11-17/h7-11,18H,6,12-16,23H2,1-5H3. The SMILES string of the molecule is CCOC1CC(N)(C(=O)N2CCN(Cc3ccccc3)C(C)(C)C2)C1(C)C. The average Bonchev–Trinajstić information content (AvgIpc) is 2.63. The number of benzene rings is 1. The van der Waals surface area contributed by atoms with Crippen LogP contribution in [0.3, 0.4) is 0 Å². The van der Waals surface area contributed by atoms with Crippen LogP contribution in [0.15, 0.2) is 30.3 Å².